The first-order valence-corrected chi connectivity index (χ1v) is 7.73. The van der Waals surface area contributed by atoms with Gasteiger partial charge in [0.15, 0.2) is 0 Å². The molecule has 1 rings (SSSR count). The third-order valence-corrected chi connectivity index (χ3v) is 3.82. The zero-order valence-corrected chi connectivity index (χ0v) is 13.7. The number of hydrogen-bond acceptors (Lipinski definition) is 3. The SMILES string of the molecule is CC(C)=CCC[C@H](C)c1ccc(C)c(CNCCO)c1O. The molecule has 3 nitrogen and oxygen atoms in total. The molecular formula is C18H29NO2. The summed E-state index contributed by atoms with van der Waals surface area (Å²) < 4.78 is 0. The molecule has 0 aliphatic heterocycles. The van der Waals surface area contributed by atoms with Crippen LogP contribution in [0, 0.1) is 6.92 Å². The largest absolute Gasteiger partial charge is 0.507 e. The molecule has 0 unspecified atom stereocenters. The second-order valence-electron chi connectivity index (χ2n) is 5.96. The van der Waals surface area contributed by atoms with Crippen LogP contribution < -0.4 is 5.32 Å². The number of aryl methyl sites for hydroxylation is 1. The molecule has 118 valence electrons. The van der Waals surface area contributed by atoms with E-state index in [0.29, 0.717) is 24.8 Å². The zero-order chi connectivity index (χ0) is 15.8. The minimum absolute atomic E-state index is 0.110. The van der Waals surface area contributed by atoms with E-state index in [1.807, 2.05) is 13.0 Å². The van der Waals surface area contributed by atoms with Crippen molar-refractivity contribution in [1.29, 1.82) is 0 Å². The van der Waals surface area contributed by atoms with E-state index in [0.717, 1.165) is 29.5 Å². The number of phenols is 1. The van der Waals surface area contributed by atoms with Crippen LogP contribution in [0.15, 0.2) is 23.8 Å². The van der Waals surface area contributed by atoms with Crippen LogP contribution in [0.5, 0.6) is 5.75 Å². The standard InChI is InChI=1S/C18H29NO2/c1-13(2)6-5-7-14(3)16-9-8-15(4)17(18(16)21)12-19-10-11-20/h6,8-9,14,19-21H,5,7,10-12H2,1-4H3/t14-/m0/s1. The van der Waals surface area contributed by atoms with Crippen molar-refractivity contribution in [3.63, 3.8) is 0 Å². The number of rotatable bonds is 8. The minimum Gasteiger partial charge on any atom is -0.507 e. The number of nitrogens with one attached hydrogen (secondary N) is 1. The quantitative estimate of drug-likeness (QED) is 0.506. The zero-order valence-electron chi connectivity index (χ0n) is 13.7. The molecule has 0 aliphatic rings. The Bertz CT molecular complexity index is 476. The van der Waals surface area contributed by atoms with Crippen molar-refractivity contribution >= 4 is 0 Å². The molecule has 1 aromatic carbocycles. The van der Waals surface area contributed by atoms with Gasteiger partial charge >= 0.3 is 0 Å². The molecule has 0 radical (unpaired) electrons. The molecule has 0 bridgehead atoms. The van der Waals surface area contributed by atoms with Crippen molar-refractivity contribution < 1.29 is 10.2 Å². The van der Waals surface area contributed by atoms with Crippen LogP contribution in [0.25, 0.3) is 0 Å². The number of aliphatic hydroxyl groups excluding tert-OH is 1. The van der Waals surface area contributed by atoms with Crippen LogP contribution in [0.1, 0.15) is 56.2 Å². The van der Waals surface area contributed by atoms with Gasteiger partial charge in [0.1, 0.15) is 5.75 Å². The summed E-state index contributed by atoms with van der Waals surface area (Å²) in [7, 11) is 0. The van der Waals surface area contributed by atoms with Crippen LogP contribution in [0.2, 0.25) is 0 Å². The van der Waals surface area contributed by atoms with Crippen LogP contribution in [-0.2, 0) is 6.54 Å². The van der Waals surface area contributed by atoms with E-state index < -0.39 is 0 Å². The van der Waals surface area contributed by atoms with Crippen molar-refractivity contribution in [1.82, 2.24) is 5.32 Å². The van der Waals surface area contributed by atoms with Gasteiger partial charge in [0, 0.05) is 18.7 Å². The summed E-state index contributed by atoms with van der Waals surface area (Å²) in [6.45, 7) is 9.63. The lowest BCUT2D eigenvalue weighted by atomic mass is 9.91. The Kier molecular flexibility index (Phi) is 7.48. The first-order valence-electron chi connectivity index (χ1n) is 7.73. The lowest BCUT2D eigenvalue weighted by Gasteiger charge is -2.17. The van der Waals surface area contributed by atoms with E-state index in [1.54, 1.807) is 0 Å². The molecule has 1 atom stereocenters. The number of phenolic OH excluding ortho intramolecular Hbond substituents is 1. The van der Waals surface area contributed by atoms with Gasteiger partial charge in [-0.2, -0.15) is 0 Å². The molecule has 1 aromatic rings. The van der Waals surface area contributed by atoms with Crippen LogP contribution in [0.3, 0.4) is 0 Å². The topological polar surface area (TPSA) is 52.5 Å². The van der Waals surface area contributed by atoms with Gasteiger partial charge in [-0.25, -0.2) is 0 Å². The van der Waals surface area contributed by atoms with Crippen molar-refractivity contribution in [2.24, 2.45) is 0 Å². The monoisotopic (exact) mass is 291 g/mol. The average Bonchev–Trinajstić information content (AvgIpc) is 2.42. The summed E-state index contributed by atoms with van der Waals surface area (Å²) >= 11 is 0. The number of allylic oxidation sites excluding steroid dienone is 2. The number of aliphatic hydroxyl groups is 1. The summed E-state index contributed by atoms with van der Waals surface area (Å²) in [5.74, 6) is 0.739. The fourth-order valence-electron chi connectivity index (χ4n) is 2.45. The molecule has 21 heavy (non-hydrogen) atoms. The Labute approximate surface area is 128 Å². The molecule has 0 amide bonds. The van der Waals surface area contributed by atoms with Crippen LogP contribution in [-0.4, -0.2) is 23.4 Å². The van der Waals surface area contributed by atoms with Gasteiger partial charge in [0.05, 0.1) is 6.61 Å². The second-order valence-corrected chi connectivity index (χ2v) is 5.96. The van der Waals surface area contributed by atoms with E-state index in [9.17, 15) is 5.11 Å². The molecule has 0 fully saturated rings. The van der Waals surface area contributed by atoms with Gasteiger partial charge < -0.3 is 15.5 Å². The fourth-order valence-corrected chi connectivity index (χ4v) is 2.45. The van der Waals surface area contributed by atoms with Gasteiger partial charge in [-0.1, -0.05) is 30.7 Å². The maximum Gasteiger partial charge on any atom is 0.123 e. The molecule has 0 aromatic heterocycles. The maximum atomic E-state index is 10.5. The Morgan fingerprint density at radius 3 is 2.67 bits per heavy atom. The van der Waals surface area contributed by atoms with Crippen molar-refractivity contribution in [3.8, 4) is 5.75 Å². The fraction of sp³-hybridized carbons (Fsp3) is 0.556. The third-order valence-electron chi connectivity index (χ3n) is 3.82. The average molecular weight is 291 g/mol. The highest BCUT2D eigenvalue weighted by Gasteiger charge is 2.14. The summed E-state index contributed by atoms with van der Waals surface area (Å²) in [6.07, 6.45) is 4.31. The van der Waals surface area contributed by atoms with Crippen molar-refractivity contribution in [3.05, 3.63) is 40.5 Å². The van der Waals surface area contributed by atoms with E-state index in [1.165, 1.54) is 5.57 Å². The Hall–Kier alpha value is -1.32. The minimum atomic E-state index is 0.110. The Morgan fingerprint density at radius 2 is 2.05 bits per heavy atom. The van der Waals surface area contributed by atoms with E-state index >= 15 is 0 Å². The maximum absolute atomic E-state index is 10.5. The van der Waals surface area contributed by atoms with E-state index in [2.05, 4.69) is 38.2 Å². The van der Waals surface area contributed by atoms with Gasteiger partial charge in [-0.3, -0.25) is 0 Å². The molecule has 3 heteroatoms. The van der Waals surface area contributed by atoms with Gasteiger partial charge in [0.25, 0.3) is 0 Å². The first-order chi connectivity index (χ1) is 9.97. The normalized spacial score (nSPS) is 12.2. The molecule has 0 saturated carbocycles. The van der Waals surface area contributed by atoms with Gasteiger partial charge in [-0.05, 0) is 50.7 Å². The predicted octanol–water partition coefficient (Wildman–Crippen LogP) is 3.63. The van der Waals surface area contributed by atoms with Crippen molar-refractivity contribution in [2.45, 2.75) is 53.0 Å². The lowest BCUT2D eigenvalue weighted by molar-refractivity contribution is 0.291. The predicted molar refractivity (Wildman–Crippen MR) is 88.7 cm³/mol. The molecule has 0 spiro atoms. The molecule has 3 N–H and O–H groups in total. The highest BCUT2D eigenvalue weighted by molar-refractivity contribution is 5.46. The smallest absolute Gasteiger partial charge is 0.123 e. The molecule has 0 saturated heterocycles. The highest BCUT2D eigenvalue weighted by Crippen LogP contribution is 2.33. The highest BCUT2D eigenvalue weighted by atomic mass is 16.3. The molecule has 0 aliphatic carbocycles. The summed E-state index contributed by atoms with van der Waals surface area (Å²) in [6, 6.07) is 4.11. The Morgan fingerprint density at radius 1 is 1.33 bits per heavy atom. The summed E-state index contributed by atoms with van der Waals surface area (Å²) in [5.41, 5.74) is 4.38. The first kappa shape index (κ1) is 17.7. The van der Waals surface area contributed by atoms with Gasteiger partial charge in [-0.15, -0.1) is 0 Å². The summed E-state index contributed by atoms with van der Waals surface area (Å²) in [4.78, 5) is 0. The van der Waals surface area contributed by atoms with Crippen LogP contribution >= 0.6 is 0 Å². The van der Waals surface area contributed by atoms with Crippen LogP contribution in [0.4, 0.5) is 0 Å². The molecule has 0 heterocycles. The number of aromatic hydroxyl groups is 1. The third kappa shape index (κ3) is 5.52. The lowest BCUT2D eigenvalue weighted by Crippen LogP contribution is -2.18. The van der Waals surface area contributed by atoms with Crippen molar-refractivity contribution in [2.75, 3.05) is 13.2 Å². The number of hydrogen-bond donors (Lipinski definition) is 3. The Balaban J connectivity index is 2.82. The number of benzene rings is 1. The summed E-state index contributed by atoms with van der Waals surface area (Å²) in [5, 5.41) is 22.5. The van der Waals surface area contributed by atoms with E-state index in [4.69, 9.17) is 5.11 Å². The van der Waals surface area contributed by atoms with Gasteiger partial charge in [0.2, 0.25) is 0 Å². The molecular weight excluding hydrogens is 262 g/mol. The second kappa shape index (κ2) is 8.85. The van der Waals surface area contributed by atoms with E-state index in [-0.39, 0.29) is 6.61 Å².